The normalized spacial score (nSPS) is 11.5. The molecular weight excluding hydrogens is 350 g/mol. The summed E-state index contributed by atoms with van der Waals surface area (Å²) in [6.07, 6.45) is 1.32. The number of halogens is 2. The highest BCUT2D eigenvalue weighted by molar-refractivity contribution is 6.16. The van der Waals surface area contributed by atoms with Gasteiger partial charge in [-0.15, -0.1) is 0 Å². The molecule has 0 atom stereocenters. The van der Waals surface area contributed by atoms with Gasteiger partial charge in [0.25, 0.3) is 0 Å². The second kappa shape index (κ2) is 7.41. The Morgan fingerprint density at radius 2 is 1.70 bits per heavy atom. The minimum absolute atomic E-state index is 0.146. The van der Waals surface area contributed by atoms with Crippen LogP contribution in [0.15, 0.2) is 53.8 Å². The van der Waals surface area contributed by atoms with Gasteiger partial charge in [-0.05, 0) is 43.3 Å². The molecule has 136 valence electrons. The first kappa shape index (κ1) is 18.3. The number of aryl methyl sites for hydroxylation is 1. The maximum atomic E-state index is 14.8. The average Bonchev–Trinajstić information content (AvgIpc) is 2.65. The van der Waals surface area contributed by atoms with Gasteiger partial charge in [-0.2, -0.15) is 0 Å². The van der Waals surface area contributed by atoms with Gasteiger partial charge in [-0.1, -0.05) is 6.07 Å². The molecule has 0 aliphatic heterocycles. The maximum Gasteiger partial charge on any atom is 0.193 e. The fraction of sp³-hybridized carbons (Fsp3) is 0.100. The SMILES string of the molecule is C/N=C(/c1ccc(C(=O)c2ccc(F)cc2)cc1F)c1c(C)ncnc1N. The van der Waals surface area contributed by atoms with Gasteiger partial charge < -0.3 is 5.73 Å². The quantitative estimate of drug-likeness (QED) is 0.567. The standard InChI is InChI=1S/C20H16F2N4O/c1-11-17(20(23)26-10-25-11)18(24-2)15-8-5-13(9-16(15)22)19(27)12-3-6-14(21)7-4-12/h3-10H,1-2H3,(H2,23,25,26)/b24-18-. The smallest absolute Gasteiger partial charge is 0.193 e. The van der Waals surface area contributed by atoms with E-state index in [9.17, 15) is 13.6 Å². The molecule has 0 radical (unpaired) electrons. The topological polar surface area (TPSA) is 81.2 Å². The third-order valence-corrected chi connectivity index (χ3v) is 4.12. The molecule has 1 heterocycles. The Morgan fingerprint density at radius 3 is 2.30 bits per heavy atom. The number of anilines is 1. The highest BCUT2D eigenvalue weighted by Crippen LogP contribution is 2.22. The van der Waals surface area contributed by atoms with Gasteiger partial charge in [-0.3, -0.25) is 9.79 Å². The summed E-state index contributed by atoms with van der Waals surface area (Å²) in [5.41, 5.74) is 7.80. The molecule has 1 aromatic heterocycles. The number of carbonyl (C=O) groups excluding carboxylic acids is 1. The van der Waals surface area contributed by atoms with Crippen LogP contribution in [0.3, 0.4) is 0 Å². The summed E-state index contributed by atoms with van der Waals surface area (Å²) >= 11 is 0. The molecule has 0 saturated heterocycles. The van der Waals surface area contributed by atoms with Crippen LogP contribution in [0.25, 0.3) is 0 Å². The largest absolute Gasteiger partial charge is 0.383 e. The maximum absolute atomic E-state index is 14.8. The number of carbonyl (C=O) groups is 1. The van der Waals surface area contributed by atoms with Crippen LogP contribution in [-0.2, 0) is 0 Å². The van der Waals surface area contributed by atoms with Crippen LogP contribution in [0, 0.1) is 18.6 Å². The summed E-state index contributed by atoms with van der Waals surface area (Å²) in [5.74, 6) is -1.30. The molecular formula is C20H16F2N4O. The van der Waals surface area contributed by atoms with E-state index in [0.29, 0.717) is 17.0 Å². The van der Waals surface area contributed by atoms with Crippen molar-refractivity contribution in [1.82, 2.24) is 9.97 Å². The molecule has 0 unspecified atom stereocenters. The van der Waals surface area contributed by atoms with Crippen molar-refractivity contribution in [3.8, 4) is 0 Å². The first-order chi connectivity index (χ1) is 12.9. The van der Waals surface area contributed by atoms with Crippen molar-refractivity contribution in [3.05, 3.63) is 88.4 Å². The number of benzene rings is 2. The van der Waals surface area contributed by atoms with Gasteiger partial charge in [0.2, 0.25) is 0 Å². The van der Waals surface area contributed by atoms with Crippen molar-refractivity contribution in [3.63, 3.8) is 0 Å². The summed E-state index contributed by atoms with van der Waals surface area (Å²) in [6, 6.07) is 9.15. The van der Waals surface area contributed by atoms with Crippen LogP contribution < -0.4 is 5.73 Å². The van der Waals surface area contributed by atoms with E-state index in [1.54, 1.807) is 6.92 Å². The zero-order valence-corrected chi connectivity index (χ0v) is 14.7. The first-order valence-electron chi connectivity index (χ1n) is 8.06. The minimum Gasteiger partial charge on any atom is -0.383 e. The van der Waals surface area contributed by atoms with Gasteiger partial charge in [0.05, 0.1) is 17.0 Å². The van der Waals surface area contributed by atoms with Gasteiger partial charge in [0.1, 0.15) is 23.8 Å². The number of nitrogen functional groups attached to an aromatic ring is 1. The number of nitrogens with two attached hydrogens (primary N) is 1. The molecule has 5 nitrogen and oxygen atoms in total. The van der Waals surface area contributed by atoms with Gasteiger partial charge in [0, 0.05) is 23.7 Å². The molecule has 0 saturated carbocycles. The van der Waals surface area contributed by atoms with Crippen molar-refractivity contribution in [2.75, 3.05) is 12.8 Å². The number of hydrogen-bond donors (Lipinski definition) is 1. The summed E-state index contributed by atoms with van der Waals surface area (Å²) < 4.78 is 27.8. The fourth-order valence-corrected chi connectivity index (χ4v) is 2.77. The molecule has 3 aromatic rings. The van der Waals surface area contributed by atoms with Gasteiger partial charge in [-0.25, -0.2) is 18.7 Å². The zero-order valence-electron chi connectivity index (χ0n) is 14.7. The van der Waals surface area contributed by atoms with Crippen LogP contribution in [0.2, 0.25) is 0 Å². The van der Waals surface area contributed by atoms with Gasteiger partial charge in [0.15, 0.2) is 5.78 Å². The number of aromatic nitrogens is 2. The lowest BCUT2D eigenvalue weighted by Crippen LogP contribution is -2.14. The zero-order chi connectivity index (χ0) is 19.6. The molecule has 0 aliphatic carbocycles. The third kappa shape index (κ3) is 3.57. The number of nitrogens with zero attached hydrogens (tertiary/aromatic N) is 3. The van der Waals surface area contributed by atoms with E-state index in [4.69, 9.17) is 5.73 Å². The van der Waals surface area contributed by atoms with Crippen molar-refractivity contribution < 1.29 is 13.6 Å². The molecule has 3 rings (SSSR count). The molecule has 0 amide bonds. The molecule has 27 heavy (non-hydrogen) atoms. The Morgan fingerprint density at radius 1 is 1.04 bits per heavy atom. The van der Waals surface area contributed by atoms with Crippen LogP contribution in [0.1, 0.15) is 32.7 Å². The minimum atomic E-state index is -0.633. The third-order valence-electron chi connectivity index (χ3n) is 4.12. The summed E-state index contributed by atoms with van der Waals surface area (Å²) in [5, 5.41) is 0. The predicted molar refractivity (Wildman–Crippen MR) is 99.0 cm³/mol. The lowest BCUT2D eigenvalue weighted by molar-refractivity contribution is 0.103. The van der Waals surface area contributed by atoms with Crippen molar-refractivity contribution in [1.29, 1.82) is 0 Å². The number of ketones is 1. The van der Waals surface area contributed by atoms with Crippen molar-refractivity contribution >= 4 is 17.3 Å². The average molecular weight is 366 g/mol. The van der Waals surface area contributed by atoms with Gasteiger partial charge >= 0.3 is 0 Å². The second-order valence-electron chi connectivity index (χ2n) is 5.82. The molecule has 0 spiro atoms. The van der Waals surface area contributed by atoms with Crippen LogP contribution in [0.4, 0.5) is 14.6 Å². The molecule has 0 bridgehead atoms. The number of hydrogen-bond acceptors (Lipinski definition) is 5. The Bertz CT molecular complexity index is 1030. The monoisotopic (exact) mass is 366 g/mol. The second-order valence-corrected chi connectivity index (χ2v) is 5.82. The van der Waals surface area contributed by atoms with E-state index in [-0.39, 0.29) is 22.5 Å². The molecule has 0 aliphatic rings. The first-order valence-corrected chi connectivity index (χ1v) is 8.06. The van der Waals surface area contributed by atoms with Crippen LogP contribution in [0.5, 0.6) is 0 Å². The lowest BCUT2D eigenvalue weighted by Gasteiger charge is -2.12. The van der Waals surface area contributed by atoms with E-state index in [0.717, 1.165) is 6.07 Å². The highest BCUT2D eigenvalue weighted by Gasteiger charge is 2.19. The Labute approximate surface area is 154 Å². The number of aliphatic imine (C=N–C) groups is 1. The lowest BCUT2D eigenvalue weighted by atomic mass is 9.97. The van der Waals surface area contributed by atoms with E-state index >= 15 is 0 Å². The van der Waals surface area contributed by atoms with E-state index in [1.165, 1.54) is 49.8 Å². The summed E-state index contributed by atoms with van der Waals surface area (Å²) in [7, 11) is 1.51. The van der Waals surface area contributed by atoms with Crippen LogP contribution >= 0.6 is 0 Å². The van der Waals surface area contributed by atoms with Crippen molar-refractivity contribution in [2.45, 2.75) is 6.92 Å². The summed E-state index contributed by atoms with van der Waals surface area (Å²) in [4.78, 5) is 24.6. The van der Waals surface area contributed by atoms with Crippen LogP contribution in [-0.4, -0.2) is 28.5 Å². The molecule has 0 fully saturated rings. The predicted octanol–water partition coefficient (Wildman–Crippen LogP) is 3.34. The Kier molecular flexibility index (Phi) is 5.03. The molecule has 7 heteroatoms. The van der Waals surface area contributed by atoms with E-state index in [2.05, 4.69) is 15.0 Å². The fourth-order valence-electron chi connectivity index (χ4n) is 2.77. The summed E-state index contributed by atoms with van der Waals surface area (Å²) in [6.45, 7) is 1.73. The van der Waals surface area contributed by atoms with E-state index < -0.39 is 17.4 Å². The Hall–Kier alpha value is -3.48. The molecule has 2 N–H and O–H groups in total. The van der Waals surface area contributed by atoms with E-state index in [1.807, 2.05) is 0 Å². The van der Waals surface area contributed by atoms with Crippen molar-refractivity contribution in [2.24, 2.45) is 4.99 Å². The number of rotatable bonds is 4. The highest BCUT2D eigenvalue weighted by atomic mass is 19.1. The molecule has 2 aromatic carbocycles. The Balaban J connectivity index is 2.01.